The van der Waals surface area contributed by atoms with Crippen molar-refractivity contribution < 1.29 is 17.9 Å². The highest BCUT2D eigenvalue weighted by Gasteiger charge is 2.33. The Labute approximate surface area is 90.6 Å². The van der Waals surface area contributed by atoms with E-state index in [1.165, 1.54) is 6.20 Å². The smallest absolute Gasteiger partial charge is 0.402 e. The summed E-state index contributed by atoms with van der Waals surface area (Å²) in [5.41, 5.74) is -0.193. The molecule has 1 rings (SSSR count). The van der Waals surface area contributed by atoms with Crippen molar-refractivity contribution >= 4 is 22.6 Å². The number of rotatable bonds is 1. The second kappa shape index (κ2) is 4.00. The molecule has 0 aliphatic rings. The second-order valence-electron chi connectivity index (χ2n) is 2.14. The number of hydrogen-bond acceptors (Lipinski definition) is 3. The van der Waals surface area contributed by atoms with Crippen LogP contribution in [0.1, 0.15) is 5.56 Å². The molecule has 0 saturated carbocycles. The van der Waals surface area contributed by atoms with E-state index in [9.17, 15) is 13.2 Å². The Kier molecular flexibility index (Phi) is 3.15. The second-order valence-corrected chi connectivity index (χ2v) is 3.16. The minimum Gasteiger partial charge on any atom is -0.402 e. The quantitative estimate of drug-likeness (QED) is 0.591. The molecule has 1 heterocycles. The van der Waals surface area contributed by atoms with Gasteiger partial charge in [-0.05, 0) is 28.7 Å². The average molecular weight is 314 g/mol. The van der Waals surface area contributed by atoms with Crippen molar-refractivity contribution in [2.75, 3.05) is 0 Å². The zero-order valence-electron chi connectivity index (χ0n) is 6.47. The predicted octanol–water partition coefficient (Wildman–Crippen LogP) is 2.46. The largest absolute Gasteiger partial charge is 0.573 e. The van der Waals surface area contributed by atoms with Crippen LogP contribution in [-0.2, 0) is 0 Å². The van der Waals surface area contributed by atoms with Gasteiger partial charge in [-0.15, -0.1) is 13.2 Å². The number of alkyl halides is 3. The first-order valence-electron chi connectivity index (χ1n) is 3.24. The van der Waals surface area contributed by atoms with Crippen molar-refractivity contribution in [2.24, 2.45) is 0 Å². The van der Waals surface area contributed by atoms with Gasteiger partial charge in [0.15, 0.2) is 5.75 Å². The van der Waals surface area contributed by atoms with Crippen molar-refractivity contribution in [3.63, 3.8) is 0 Å². The van der Waals surface area contributed by atoms with Crippen LogP contribution in [0.2, 0.25) is 0 Å². The molecule has 74 valence electrons. The molecule has 3 nitrogen and oxygen atoms in total. The molecule has 0 aliphatic carbocycles. The van der Waals surface area contributed by atoms with Crippen molar-refractivity contribution in [1.29, 1.82) is 5.26 Å². The first kappa shape index (κ1) is 11.0. The van der Waals surface area contributed by atoms with Crippen molar-refractivity contribution in [3.8, 4) is 11.8 Å². The van der Waals surface area contributed by atoms with Crippen LogP contribution in [0.5, 0.6) is 5.75 Å². The maximum absolute atomic E-state index is 11.9. The van der Waals surface area contributed by atoms with Gasteiger partial charge in [0.05, 0.1) is 5.56 Å². The lowest BCUT2D eigenvalue weighted by molar-refractivity contribution is -0.275. The molecule has 0 fully saturated rings. The van der Waals surface area contributed by atoms with Crippen LogP contribution in [0, 0.1) is 15.0 Å². The van der Waals surface area contributed by atoms with Gasteiger partial charge < -0.3 is 4.74 Å². The van der Waals surface area contributed by atoms with Crippen molar-refractivity contribution in [2.45, 2.75) is 6.36 Å². The van der Waals surface area contributed by atoms with Crippen LogP contribution < -0.4 is 4.74 Å². The van der Waals surface area contributed by atoms with Crippen LogP contribution in [0.4, 0.5) is 13.2 Å². The van der Waals surface area contributed by atoms with E-state index < -0.39 is 12.1 Å². The van der Waals surface area contributed by atoms with Crippen molar-refractivity contribution in [1.82, 2.24) is 4.98 Å². The molecule has 0 spiro atoms. The Morgan fingerprint density at radius 2 is 2.14 bits per heavy atom. The van der Waals surface area contributed by atoms with Crippen LogP contribution >= 0.6 is 22.6 Å². The normalized spacial score (nSPS) is 10.8. The fraction of sp³-hybridized carbons (Fsp3) is 0.143. The standard InChI is InChI=1S/C7H2F3IN2O/c8-7(9,10)14-5-4(3-12)1-2-13-6(5)11/h1-2H. The molecule has 0 amide bonds. The summed E-state index contributed by atoms with van der Waals surface area (Å²) >= 11 is 1.56. The van der Waals surface area contributed by atoms with E-state index in [0.717, 1.165) is 6.07 Å². The van der Waals surface area contributed by atoms with Crippen LogP contribution in [0.3, 0.4) is 0 Å². The fourth-order valence-electron chi connectivity index (χ4n) is 0.724. The third-order valence-electron chi connectivity index (χ3n) is 1.20. The Balaban J connectivity index is 3.13. The third-order valence-corrected chi connectivity index (χ3v) is 1.97. The van der Waals surface area contributed by atoms with Gasteiger partial charge in [0, 0.05) is 6.20 Å². The van der Waals surface area contributed by atoms with E-state index >= 15 is 0 Å². The van der Waals surface area contributed by atoms with Crippen LogP contribution in [0.15, 0.2) is 12.3 Å². The van der Waals surface area contributed by atoms with E-state index in [2.05, 4.69) is 9.72 Å². The number of ether oxygens (including phenoxy) is 1. The highest BCUT2D eigenvalue weighted by atomic mass is 127. The molecule has 0 aliphatic heterocycles. The number of hydrogen-bond donors (Lipinski definition) is 0. The fourth-order valence-corrected chi connectivity index (χ4v) is 1.28. The lowest BCUT2D eigenvalue weighted by Gasteiger charge is -2.10. The van der Waals surface area contributed by atoms with Gasteiger partial charge in [-0.1, -0.05) is 0 Å². The summed E-state index contributed by atoms with van der Waals surface area (Å²) in [5.74, 6) is -0.553. The molecule has 1 aromatic rings. The summed E-state index contributed by atoms with van der Waals surface area (Å²) in [6.07, 6.45) is -3.57. The van der Waals surface area contributed by atoms with E-state index in [-0.39, 0.29) is 9.26 Å². The molecule has 1 aromatic heterocycles. The molecule has 14 heavy (non-hydrogen) atoms. The molecule has 0 atom stereocenters. The summed E-state index contributed by atoms with van der Waals surface area (Å²) in [7, 11) is 0. The molecular formula is C7H2F3IN2O. The molecule has 0 N–H and O–H groups in total. The summed E-state index contributed by atoms with van der Waals surface area (Å²) in [6.45, 7) is 0. The van der Waals surface area contributed by atoms with Gasteiger partial charge in [0.1, 0.15) is 9.77 Å². The number of nitrogens with zero attached hydrogens (tertiary/aromatic N) is 2. The Hall–Kier alpha value is -1.04. The van der Waals surface area contributed by atoms with Gasteiger partial charge >= 0.3 is 6.36 Å². The molecule has 0 aromatic carbocycles. The number of halogens is 4. The van der Waals surface area contributed by atoms with E-state index in [4.69, 9.17) is 5.26 Å². The van der Waals surface area contributed by atoms with Gasteiger partial charge in [-0.2, -0.15) is 5.26 Å². The summed E-state index contributed by atoms with van der Waals surface area (Å²) in [6, 6.07) is 2.75. The van der Waals surface area contributed by atoms with Crippen molar-refractivity contribution in [3.05, 3.63) is 21.5 Å². The van der Waals surface area contributed by atoms with E-state index in [1.54, 1.807) is 28.7 Å². The molecule has 7 heteroatoms. The predicted molar refractivity (Wildman–Crippen MR) is 48.4 cm³/mol. The van der Waals surface area contributed by atoms with Gasteiger partial charge in [-0.25, -0.2) is 4.98 Å². The lowest BCUT2D eigenvalue weighted by Crippen LogP contribution is -2.18. The molecular weight excluding hydrogens is 312 g/mol. The zero-order chi connectivity index (χ0) is 10.8. The van der Waals surface area contributed by atoms with Crippen LogP contribution in [-0.4, -0.2) is 11.3 Å². The highest BCUT2D eigenvalue weighted by molar-refractivity contribution is 14.1. The summed E-state index contributed by atoms with van der Waals surface area (Å²) < 4.78 is 39.3. The van der Waals surface area contributed by atoms with Gasteiger partial charge in [-0.3, -0.25) is 0 Å². The third kappa shape index (κ3) is 2.73. The maximum atomic E-state index is 11.9. The first-order chi connectivity index (χ1) is 6.44. The first-order valence-corrected chi connectivity index (χ1v) is 4.32. The molecule has 0 saturated heterocycles. The van der Waals surface area contributed by atoms with E-state index in [0.29, 0.717) is 0 Å². The average Bonchev–Trinajstić information content (AvgIpc) is 2.06. The zero-order valence-corrected chi connectivity index (χ0v) is 8.63. The lowest BCUT2D eigenvalue weighted by atomic mass is 10.3. The molecule has 0 radical (unpaired) electrons. The maximum Gasteiger partial charge on any atom is 0.573 e. The Morgan fingerprint density at radius 3 is 2.64 bits per heavy atom. The number of aromatic nitrogens is 1. The summed E-state index contributed by atoms with van der Waals surface area (Å²) in [5, 5.41) is 8.51. The monoisotopic (exact) mass is 314 g/mol. The van der Waals surface area contributed by atoms with Gasteiger partial charge in [0.2, 0.25) is 0 Å². The number of pyridine rings is 1. The molecule has 0 unspecified atom stereocenters. The van der Waals surface area contributed by atoms with E-state index in [1.807, 2.05) is 0 Å². The number of nitriles is 1. The Bertz CT molecular complexity index is 386. The SMILES string of the molecule is N#Cc1ccnc(I)c1OC(F)(F)F. The van der Waals surface area contributed by atoms with Crippen LogP contribution in [0.25, 0.3) is 0 Å². The highest BCUT2D eigenvalue weighted by Crippen LogP contribution is 2.29. The van der Waals surface area contributed by atoms with Gasteiger partial charge in [0.25, 0.3) is 0 Å². The minimum absolute atomic E-state index is 0.000949. The summed E-state index contributed by atoms with van der Waals surface area (Å²) in [4.78, 5) is 3.58. The minimum atomic E-state index is -4.81. The Morgan fingerprint density at radius 1 is 1.50 bits per heavy atom. The topological polar surface area (TPSA) is 45.9 Å². The molecule has 0 bridgehead atoms.